The first-order chi connectivity index (χ1) is 7.22. The van der Waals surface area contributed by atoms with Crippen LogP contribution >= 0.6 is 12.4 Å². The van der Waals surface area contributed by atoms with Crippen LogP contribution in [0, 0.1) is 0 Å². The van der Waals surface area contributed by atoms with Gasteiger partial charge in [-0.15, -0.1) is 12.4 Å². The molecule has 0 saturated carbocycles. The Bertz CT molecular complexity index is 463. The Morgan fingerprint density at radius 1 is 1.29 bits per heavy atom. The Morgan fingerprint density at radius 2 is 2.00 bits per heavy atom. The molecule has 0 aliphatic heterocycles. The van der Waals surface area contributed by atoms with Crippen molar-refractivity contribution in [3.8, 4) is 0 Å². The van der Waals surface area contributed by atoms with Crippen molar-refractivity contribution in [3.63, 3.8) is 0 Å². The van der Waals surface area contributed by atoms with Crippen LogP contribution in [-0.4, -0.2) is 25.6 Å². The topological polar surface area (TPSA) is 45.0 Å². The largest absolute Gasteiger partial charge is 0.378 e. The SMILES string of the molecule is C.CN(C)c1ccc2[nH]cc(CCN)c2c1.Cl. The van der Waals surface area contributed by atoms with E-state index in [-0.39, 0.29) is 19.8 Å². The number of hydrogen-bond acceptors (Lipinski definition) is 2. The molecule has 0 aliphatic carbocycles. The van der Waals surface area contributed by atoms with Gasteiger partial charge in [-0.2, -0.15) is 0 Å². The number of anilines is 1. The molecule has 17 heavy (non-hydrogen) atoms. The third kappa shape index (κ3) is 3.14. The summed E-state index contributed by atoms with van der Waals surface area (Å²) < 4.78 is 0. The summed E-state index contributed by atoms with van der Waals surface area (Å²) in [7, 11) is 4.10. The van der Waals surface area contributed by atoms with Crippen LogP contribution in [-0.2, 0) is 6.42 Å². The van der Waals surface area contributed by atoms with Gasteiger partial charge < -0.3 is 15.6 Å². The fourth-order valence-electron chi connectivity index (χ4n) is 1.81. The van der Waals surface area contributed by atoms with Crippen LogP contribution in [0.4, 0.5) is 5.69 Å². The van der Waals surface area contributed by atoms with E-state index in [4.69, 9.17) is 5.73 Å². The molecule has 0 amide bonds. The molecular weight excluding hydrogens is 234 g/mol. The number of aromatic amines is 1. The molecule has 4 heteroatoms. The maximum Gasteiger partial charge on any atom is 0.0458 e. The Morgan fingerprint density at radius 3 is 2.59 bits per heavy atom. The molecule has 96 valence electrons. The number of nitrogens with zero attached hydrogens (tertiary/aromatic N) is 1. The van der Waals surface area contributed by atoms with Gasteiger partial charge in [0.15, 0.2) is 0 Å². The second-order valence-electron chi connectivity index (χ2n) is 3.98. The van der Waals surface area contributed by atoms with Gasteiger partial charge in [-0.05, 0) is 36.7 Å². The molecule has 1 aromatic heterocycles. The number of fused-ring (bicyclic) bond motifs is 1. The van der Waals surface area contributed by atoms with Gasteiger partial charge in [-0.1, -0.05) is 7.43 Å². The summed E-state index contributed by atoms with van der Waals surface area (Å²) in [6.45, 7) is 0.694. The molecular formula is C13H22ClN3. The Balaban J connectivity index is 0.00000128. The van der Waals surface area contributed by atoms with Crippen LogP contribution in [0.15, 0.2) is 24.4 Å². The predicted molar refractivity (Wildman–Crippen MR) is 79.4 cm³/mol. The van der Waals surface area contributed by atoms with E-state index >= 15 is 0 Å². The van der Waals surface area contributed by atoms with Crippen molar-refractivity contribution in [1.82, 2.24) is 4.98 Å². The van der Waals surface area contributed by atoms with Gasteiger partial charge in [0, 0.05) is 36.9 Å². The van der Waals surface area contributed by atoms with Crippen LogP contribution in [0.2, 0.25) is 0 Å². The molecule has 2 aromatic rings. The third-order valence-electron chi connectivity index (χ3n) is 2.68. The molecule has 2 rings (SSSR count). The van der Waals surface area contributed by atoms with Crippen molar-refractivity contribution in [2.45, 2.75) is 13.8 Å². The molecule has 0 radical (unpaired) electrons. The van der Waals surface area contributed by atoms with Crippen molar-refractivity contribution < 1.29 is 0 Å². The average molecular weight is 256 g/mol. The number of hydrogen-bond donors (Lipinski definition) is 2. The minimum Gasteiger partial charge on any atom is -0.378 e. The zero-order valence-corrected chi connectivity index (χ0v) is 10.5. The molecule has 1 aromatic carbocycles. The lowest BCUT2D eigenvalue weighted by atomic mass is 10.1. The number of rotatable bonds is 3. The summed E-state index contributed by atoms with van der Waals surface area (Å²) in [5.41, 5.74) is 9.29. The first-order valence-electron chi connectivity index (χ1n) is 5.20. The number of halogens is 1. The summed E-state index contributed by atoms with van der Waals surface area (Å²) in [5.74, 6) is 0. The maximum absolute atomic E-state index is 5.58. The zero-order chi connectivity index (χ0) is 10.8. The number of H-pyrrole nitrogens is 1. The maximum atomic E-state index is 5.58. The van der Waals surface area contributed by atoms with E-state index in [0.29, 0.717) is 6.54 Å². The fourth-order valence-corrected chi connectivity index (χ4v) is 1.81. The van der Waals surface area contributed by atoms with Crippen LogP contribution in [0.1, 0.15) is 13.0 Å². The highest BCUT2D eigenvalue weighted by Gasteiger charge is 2.04. The summed E-state index contributed by atoms with van der Waals surface area (Å²) >= 11 is 0. The molecule has 3 N–H and O–H groups in total. The van der Waals surface area contributed by atoms with Gasteiger partial charge >= 0.3 is 0 Å². The Hall–Kier alpha value is -1.19. The highest BCUT2D eigenvalue weighted by Crippen LogP contribution is 2.23. The number of nitrogens with one attached hydrogen (secondary N) is 1. The Kier molecular flexibility index (Phi) is 6.07. The minimum absolute atomic E-state index is 0. The van der Waals surface area contributed by atoms with E-state index < -0.39 is 0 Å². The predicted octanol–water partition coefficient (Wildman–Crippen LogP) is 2.79. The Labute approximate surface area is 109 Å². The van der Waals surface area contributed by atoms with Crippen molar-refractivity contribution >= 4 is 29.0 Å². The first-order valence-corrected chi connectivity index (χ1v) is 5.20. The summed E-state index contributed by atoms with van der Waals surface area (Å²) in [6.07, 6.45) is 2.98. The number of aromatic nitrogens is 1. The van der Waals surface area contributed by atoms with Gasteiger partial charge in [-0.3, -0.25) is 0 Å². The molecule has 0 fully saturated rings. The van der Waals surface area contributed by atoms with Crippen LogP contribution in [0.3, 0.4) is 0 Å². The lowest BCUT2D eigenvalue weighted by Gasteiger charge is -2.12. The van der Waals surface area contributed by atoms with Crippen LogP contribution in [0.25, 0.3) is 10.9 Å². The molecule has 0 spiro atoms. The van der Waals surface area contributed by atoms with Crippen molar-refractivity contribution in [2.24, 2.45) is 5.73 Å². The van der Waals surface area contributed by atoms with Gasteiger partial charge in [-0.25, -0.2) is 0 Å². The molecule has 0 bridgehead atoms. The second kappa shape index (κ2) is 6.52. The molecule has 0 atom stereocenters. The van der Waals surface area contributed by atoms with Gasteiger partial charge in [0.05, 0.1) is 0 Å². The third-order valence-corrected chi connectivity index (χ3v) is 2.68. The average Bonchev–Trinajstić information content (AvgIpc) is 2.61. The van der Waals surface area contributed by atoms with E-state index in [0.717, 1.165) is 6.42 Å². The molecule has 0 aliphatic rings. The van der Waals surface area contributed by atoms with Gasteiger partial charge in [0.25, 0.3) is 0 Å². The van der Waals surface area contributed by atoms with E-state index in [1.165, 1.54) is 22.2 Å². The molecule has 0 saturated heterocycles. The highest BCUT2D eigenvalue weighted by atomic mass is 35.5. The van der Waals surface area contributed by atoms with E-state index in [9.17, 15) is 0 Å². The van der Waals surface area contributed by atoms with E-state index in [1.54, 1.807) is 0 Å². The highest BCUT2D eigenvalue weighted by molar-refractivity contribution is 5.86. The molecule has 0 unspecified atom stereocenters. The minimum atomic E-state index is 0. The van der Waals surface area contributed by atoms with Crippen molar-refractivity contribution in [2.75, 3.05) is 25.5 Å². The quantitative estimate of drug-likeness (QED) is 0.886. The smallest absolute Gasteiger partial charge is 0.0458 e. The van der Waals surface area contributed by atoms with Crippen LogP contribution < -0.4 is 10.6 Å². The van der Waals surface area contributed by atoms with Crippen molar-refractivity contribution in [3.05, 3.63) is 30.0 Å². The fraction of sp³-hybridized carbons (Fsp3) is 0.385. The zero-order valence-electron chi connectivity index (χ0n) is 9.66. The second-order valence-corrected chi connectivity index (χ2v) is 3.98. The summed E-state index contributed by atoms with van der Waals surface area (Å²) in [5, 5.41) is 1.28. The van der Waals surface area contributed by atoms with Crippen LogP contribution in [0.5, 0.6) is 0 Å². The molecule has 3 nitrogen and oxygen atoms in total. The van der Waals surface area contributed by atoms with Crippen molar-refractivity contribution in [1.29, 1.82) is 0 Å². The first kappa shape index (κ1) is 15.8. The number of nitrogens with two attached hydrogens (primary N) is 1. The van der Waals surface area contributed by atoms with Gasteiger partial charge in [0.1, 0.15) is 0 Å². The summed E-state index contributed by atoms with van der Waals surface area (Å²) in [6, 6.07) is 6.44. The lowest BCUT2D eigenvalue weighted by molar-refractivity contribution is 0.976. The van der Waals surface area contributed by atoms with E-state index in [2.05, 4.69) is 48.4 Å². The standard InChI is InChI=1S/C12H17N3.CH4.ClH/c1-15(2)10-3-4-12-11(7-10)9(5-6-13)8-14-12;;/h3-4,7-8,14H,5-6,13H2,1-2H3;1H4;1H. The van der Waals surface area contributed by atoms with E-state index in [1.807, 2.05) is 0 Å². The lowest BCUT2D eigenvalue weighted by Crippen LogP contribution is -2.08. The summed E-state index contributed by atoms with van der Waals surface area (Å²) in [4.78, 5) is 5.37. The molecule has 1 heterocycles. The van der Waals surface area contributed by atoms with Gasteiger partial charge in [0.2, 0.25) is 0 Å². The number of benzene rings is 1. The normalized spacial score (nSPS) is 9.59. The monoisotopic (exact) mass is 255 g/mol.